The summed E-state index contributed by atoms with van der Waals surface area (Å²) < 4.78 is 10.3. The van der Waals surface area contributed by atoms with Crippen LogP contribution in [0.25, 0.3) is 11.1 Å². The van der Waals surface area contributed by atoms with Crippen molar-refractivity contribution in [2.24, 2.45) is 11.3 Å². The zero-order chi connectivity index (χ0) is 27.7. The summed E-state index contributed by atoms with van der Waals surface area (Å²) in [6.45, 7) is 16.5. The summed E-state index contributed by atoms with van der Waals surface area (Å²) in [7, 11) is 0. The molecule has 0 amide bonds. The zero-order valence-electron chi connectivity index (χ0n) is 26.0. The Labute approximate surface area is 265 Å². The zero-order valence-corrected chi connectivity index (χ0v) is 30.1. The SMILES string of the molecule is Cl.Cl.[CH2]=[Zr]([C]1=CC(C2(C)CCCCC2)=CC1C)([c]1ccc(C)cc1)[c]1c(C)c(C)cc2c1Cc1cc(C)c(C)cc1-2. The van der Waals surface area contributed by atoms with Crippen LogP contribution in [0.2, 0.25) is 0 Å². The van der Waals surface area contributed by atoms with Crippen LogP contribution in [-0.4, -0.2) is 4.21 Å². The minimum atomic E-state index is -3.60. The quantitative estimate of drug-likeness (QED) is 0.204. The van der Waals surface area contributed by atoms with Crippen molar-refractivity contribution >= 4 is 35.6 Å². The normalized spacial score (nSPS) is 20.1. The molecule has 3 aliphatic rings. The van der Waals surface area contributed by atoms with Gasteiger partial charge >= 0.3 is 242 Å². The summed E-state index contributed by atoms with van der Waals surface area (Å²) in [6.07, 6.45) is 13.1. The molecule has 3 aliphatic carbocycles. The summed E-state index contributed by atoms with van der Waals surface area (Å²) >= 11 is -3.60. The molecule has 3 aromatic carbocycles. The Morgan fingerprint density at radius 1 is 0.805 bits per heavy atom. The molecule has 0 aromatic heterocycles. The number of aryl methyl sites for hydroxylation is 4. The van der Waals surface area contributed by atoms with Crippen molar-refractivity contribution in [2.45, 2.75) is 87.0 Å². The topological polar surface area (TPSA) is 0 Å². The van der Waals surface area contributed by atoms with Crippen molar-refractivity contribution in [3.63, 3.8) is 0 Å². The molecule has 0 aliphatic heterocycles. The van der Waals surface area contributed by atoms with Crippen LogP contribution < -0.4 is 6.54 Å². The van der Waals surface area contributed by atoms with E-state index in [4.69, 9.17) is 4.21 Å². The van der Waals surface area contributed by atoms with Crippen molar-refractivity contribution in [1.29, 1.82) is 0 Å². The Morgan fingerprint density at radius 2 is 1.41 bits per heavy atom. The van der Waals surface area contributed by atoms with Gasteiger partial charge in [0.2, 0.25) is 0 Å². The second-order valence-electron chi connectivity index (χ2n) is 13.4. The second kappa shape index (κ2) is 11.9. The molecule has 6 rings (SSSR count). The summed E-state index contributed by atoms with van der Waals surface area (Å²) in [4.78, 5) is 0. The number of benzene rings is 3. The predicted octanol–water partition coefficient (Wildman–Crippen LogP) is 9.61. The minimum absolute atomic E-state index is 0. The molecule has 3 heteroatoms. The monoisotopic (exact) mass is 663 g/mol. The Kier molecular flexibility index (Phi) is 9.37. The van der Waals surface area contributed by atoms with Gasteiger partial charge in [-0.2, -0.15) is 0 Å². The van der Waals surface area contributed by atoms with Crippen LogP contribution in [0.4, 0.5) is 0 Å². The average molecular weight is 666 g/mol. The first-order valence-corrected chi connectivity index (χ1v) is 20.6. The molecule has 0 radical (unpaired) electrons. The molecule has 217 valence electrons. The summed E-state index contributed by atoms with van der Waals surface area (Å²) in [6, 6.07) is 16.9. The van der Waals surface area contributed by atoms with E-state index in [9.17, 15) is 0 Å². The number of allylic oxidation sites excluding steroid dienone is 4. The number of rotatable bonds is 4. The van der Waals surface area contributed by atoms with Crippen LogP contribution >= 0.6 is 24.8 Å². The van der Waals surface area contributed by atoms with Gasteiger partial charge in [0.15, 0.2) is 0 Å². The van der Waals surface area contributed by atoms with Crippen molar-refractivity contribution in [3.8, 4) is 11.1 Å². The van der Waals surface area contributed by atoms with Crippen molar-refractivity contribution in [3.05, 3.63) is 102 Å². The van der Waals surface area contributed by atoms with Gasteiger partial charge in [0.1, 0.15) is 0 Å². The molecule has 1 fully saturated rings. The molecule has 0 nitrogen and oxygen atoms in total. The Morgan fingerprint density at radius 3 is 2.07 bits per heavy atom. The number of fused-ring (bicyclic) bond motifs is 3. The first kappa shape index (κ1) is 32.4. The molecule has 2 unspecified atom stereocenters. The molecule has 2 atom stereocenters. The molecule has 0 bridgehead atoms. The fraction of sp³-hybridized carbons (Fsp3) is 0.395. The molecular formula is C38H47Cl2Zr. The third kappa shape index (κ3) is 5.28. The summed E-state index contributed by atoms with van der Waals surface area (Å²) in [5.74, 6) is 0.456. The summed E-state index contributed by atoms with van der Waals surface area (Å²) in [5, 5.41) is 0. The molecule has 1 saturated carbocycles. The van der Waals surface area contributed by atoms with E-state index in [1.54, 1.807) is 17.7 Å². The summed E-state index contributed by atoms with van der Waals surface area (Å²) in [5.41, 5.74) is 15.0. The maximum absolute atomic E-state index is 5.46. The molecule has 0 spiro atoms. The predicted molar refractivity (Wildman–Crippen MR) is 182 cm³/mol. The van der Waals surface area contributed by atoms with Gasteiger partial charge in [-0.15, -0.1) is 24.8 Å². The van der Waals surface area contributed by atoms with Gasteiger partial charge in [-0.3, -0.25) is 0 Å². The van der Waals surface area contributed by atoms with E-state index in [2.05, 4.69) is 103 Å². The van der Waals surface area contributed by atoms with Crippen LogP contribution in [-0.2, 0) is 26.2 Å². The fourth-order valence-corrected chi connectivity index (χ4v) is 19.0. The molecule has 0 N–H and O–H groups in total. The number of halogens is 2. The fourth-order valence-electron chi connectivity index (χ4n) is 7.94. The van der Waals surface area contributed by atoms with E-state index in [-0.39, 0.29) is 24.8 Å². The van der Waals surface area contributed by atoms with E-state index in [0.717, 1.165) is 6.42 Å². The van der Waals surface area contributed by atoms with Crippen LogP contribution in [0.15, 0.2) is 63.5 Å². The number of hydrogen-bond donors (Lipinski definition) is 0. The number of hydrogen-bond acceptors (Lipinski definition) is 0. The third-order valence-corrected chi connectivity index (χ3v) is 21.6. The van der Waals surface area contributed by atoms with E-state index >= 15 is 0 Å². The van der Waals surface area contributed by atoms with Crippen molar-refractivity contribution in [2.75, 3.05) is 0 Å². The first-order valence-electron chi connectivity index (χ1n) is 15.1. The van der Waals surface area contributed by atoms with E-state index in [1.165, 1.54) is 79.9 Å². The second-order valence-corrected chi connectivity index (χ2v) is 21.9. The standard InChI is InChI=1S/C17H17.C13H19.C7H7.CH2.2ClH.Zr/c1-10-5-14-9-15-6-11(2)13(4)8-17(15)16(14)7-12(10)3;1-11-6-7-12(10-11)13(2)8-4-3-5-9-13;1-7-5-3-2-4-6-7;;;;/h5,7-8H,9H2,1-4H3;7,10-11H,3-5,8-9H2,1-2H3;3-6H,1H3;1H2;2*1H;. The van der Waals surface area contributed by atoms with E-state index in [1.807, 2.05) is 0 Å². The molecule has 0 saturated heterocycles. The Balaban J connectivity index is 0.00000194. The van der Waals surface area contributed by atoms with Crippen LogP contribution in [0.1, 0.15) is 84.9 Å². The van der Waals surface area contributed by atoms with E-state index in [0.29, 0.717) is 11.3 Å². The van der Waals surface area contributed by atoms with Crippen molar-refractivity contribution < 1.29 is 19.8 Å². The Hall–Kier alpha value is -1.53. The third-order valence-electron chi connectivity index (χ3n) is 10.7. The van der Waals surface area contributed by atoms with Gasteiger partial charge < -0.3 is 0 Å². The van der Waals surface area contributed by atoms with E-state index < -0.39 is 19.8 Å². The van der Waals surface area contributed by atoms with Gasteiger partial charge in [0, 0.05) is 0 Å². The average Bonchev–Trinajstić information content (AvgIpc) is 3.46. The molecule has 0 heterocycles. The molecular weight excluding hydrogens is 619 g/mol. The van der Waals surface area contributed by atoms with Gasteiger partial charge in [-0.05, 0) is 0 Å². The first-order chi connectivity index (χ1) is 18.5. The van der Waals surface area contributed by atoms with Gasteiger partial charge in [-0.25, -0.2) is 0 Å². The Bertz CT molecular complexity index is 1600. The maximum atomic E-state index is 5.46. The van der Waals surface area contributed by atoms with Gasteiger partial charge in [0.05, 0.1) is 0 Å². The van der Waals surface area contributed by atoms with Gasteiger partial charge in [-0.1, -0.05) is 0 Å². The van der Waals surface area contributed by atoms with Gasteiger partial charge in [0.25, 0.3) is 0 Å². The van der Waals surface area contributed by atoms with Crippen LogP contribution in [0.5, 0.6) is 0 Å². The molecule has 41 heavy (non-hydrogen) atoms. The van der Waals surface area contributed by atoms with Crippen LogP contribution in [0, 0.1) is 46.0 Å². The van der Waals surface area contributed by atoms with Crippen LogP contribution in [0.3, 0.4) is 0 Å². The molecule has 3 aromatic rings. The van der Waals surface area contributed by atoms with Crippen molar-refractivity contribution in [1.82, 2.24) is 0 Å².